The van der Waals surface area contributed by atoms with Crippen LogP contribution in [0.25, 0.3) is 0 Å². The van der Waals surface area contributed by atoms with Gasteiger partial charge in [-0.3, -0.25) is 14.4 Å². The monoisotopic (exact) mass is 570 g/mol. The third-order valence-corrected chi connectivity index (χ3v) is 13.5. The summed E-state index contributed by atoms with van der Waals surface area (Å²) in [6, 6.07) is 2.20. The van der Waals surface area contributed by atoms with Crippen LogP contribution < -0.4 is 5.32 Å². The molecule has 1 unspecified atom stereocenters. The number of epoxide rings is 1. The summed E-state index contributed by atoms with van der Waals surface area (Å²) in [5.41, 5.74) is -3.80. The van der Waals surface area contributed by atoms with Crippen LogP contribution >= 0.6 is 0 Å². The summed E-state index contributed by atoms with van der Waals surface area (Å²) in [6.07, 6.45) is 5.91. The summed E-state index contributed by atoms with van der Waals surface area (Å²) in [4.78, 5) is 40.8. The molecule has 1 amide bonds. The lowest BCUT2D eigenvalue weighted by molar-refractivity contribution is -0.171. The molecule has 6 rings (SSSR count). The van der Waals surface area contributed by atoms with Gasteiger partial charge in [0.1, 0.15) is 12.2 Å². The Hall–Kier alpha value is -2.14. The second-order valence-corrected chi connectivity index (χ2v) is 16.4. The van der Waals surface area contributed by atoms with Gasteiger partial charge < -0.3 is 10.1 Å². The zero-order valence-corrected chi connectivity index (χ0v) is 25.7. The highest BCUT2D eigenvalue weighted by atomic mass is 19.3. The molecule has 4 saturated carbocycles. The van der Waals surface area contributed by atoms with E-state index in [4.69, 9.17) is 4.74 Å². The van der Waals surface area contributed by atoms with Crippen molar-refractivity contribution in [2.24, 2.45) is 44.8 Å². The number of fused-ring (bicyclic) bond motifs is 9. The highest BCUT2D eigenvalue weighted by molar-refractivity contribution is 6.01. The van der Waals surface area contributed by atoms with E-state index in [0.29, 0.717) is 32.6 Å². The van der Waals surface area contributed by atoms with Crippen LogP contribution in [0.5, 0.6) is 0 Å². The number of alkyl halides is 2. The number of Topliss-reactive ketones (excluding diaryl/α,β-unsaturated/α-hetero) is 1. The van der Waals surface area contributed by atoms with Crippen LogP contribution in [-0.4, -0.2) is 40.6 Å². The Morgan fingerprint density at radius 3 is 2.29 bits per heavy atom. The molecular weight excluding hydrogens is 526 g/mol. The highest BCUT2D eigenvalue weighted by Gasteiger charge is 2.82. The molecule has 8 heteroatoms. The first kappa shape index (κ1) is 29.0. The number of hydrogen-bond donors (Lipinski definition) is 1. The van der Waals surface area contributed by atoms with Crippen molar-refractivity contribution in [1.29, 1.82) is 5.26 Å². The Morgan fingerprint density at radius 1 is 1.05 bits per heavy atom. The molecule has 5 aliphatic carbocycles. The van der Waals surface area contributed by atoms with Crippen molar-refractivity contribution in [2.45, 2.75) is 124 Å². The largest absolute Gasteiger partial charge is 0.345 e. The van der Waals surface area contributed by atoms with E-state index in [1.54, 1.807) is 6.08 Å². The molecule has 0 aromatic carbocycles. The number of ketones is 2. The summed E-state index contributed by atoms with van der Waals surface area (Å²) in [5, 5.41) is 12.9. The minimum atomic E-state index is -3.50. The quantitative estimate of drug-likeness (QED) is 0.414. The van der Waals surface area contributed by atoms with Crippen molar-refractivity contribution in [2.75, 3.05) is 0 Å². The SMILES string of the molecule is CC1(C)CC[C@]2(NC(=O)C(C)(F)F)CC[C@]3(C)C(C(=O)C=C4[C@@]5(C)[C@H]6O[C@@]6(C#N)C(=O)C(C)(C)[C@@H]5CC[C@]43C)[C@H]2C1. The minimum absolute atomic E-state index is 0.0240. The highest BCUT2D eigenvalue weighted by Crippen LogP contribution is 2.77. The van der Waals surface area contributed by atoms with Crippen LogP contribution in [0.15, 0.2) is 11.6 Å². The molecule has 5 fully saturated rings. The zero-order chi connectivity index (χ0) is 30.4. The molecule has 1 aliphatic heterocycles. The number of allylic oxidation sites excluding steroid dienone is 1. The van der Waals surface area contributed by atoms with Crippen molar-refractivity contribution in [3.63, 3.8) is 0 Å². The van der Waals surface area contributed by atoms with Crippen LogP contribution in [0.4, 0.5) is 8.78 Å². The Kier molecular flexibility index (Phi) is 5.56. The maximum Gasteiger partial charge on any atom is 0.321 e. The molecule has 6 aliphatic rings. The Labute approximate surface area is 242 Å². The number of carbonyl (C=O) groups is 3. The predicted octanol–water partition coefficient (Wildman–Crippen LogP) is 5.94. The Morgan fingerprint density at radius 2 is 1.68 bits per heavy atom. The molecule has 6 nitrogen and oxygen atoms in total. The van der Waals surface area contributed by atoms with Crippen molar-refractivity contribution in [3.05, 3.63) is 11.6 Å². The number of ether oxygens (including phenoxy) is 1. The summed E-state index contributed by atoms with van der Waals surface area (Å²) >= 11 is 0. The van der Waals surface area contributed by atoms with Gasteiger partial charge in [-0.15, -0.1) is 0 Å². The molecule has 1 heterocycles. The van der Waals surface area contributed by atoms with Crippen molar-refractivity contribution in [3.8, 4) is 6.07 Å². The standard InChI is InChI=1S/C33H44F2N2O4/c1-26(2)11-13-32(37-25(40)31(8,34)35)14-12-29(6)22(18(32)16-26)19(38)15-21-28(29,5)10-9-20-27(3,4)23(39)33(17-36)24(41-33)30(20,21)7/h15,18,20,22,24H,9-14,16H2,1-8H3,(H,37,40)/t18-,20+,22?,24-,28-,29-,30+,32+,33+/m1/s1. The number of nitriles is 1. The third-order valence-electron chi connectivity index (χ3n) is 13.5. The van der Waals surface area contributed by atoms with E-state index in [2.05, 4.69) is 46.0 Å². The van der Waals surface area contributed by atoms with E-state index in [1.165, 1.54) is 0 Å². The first-order valence-corrected chi connectivity index (χ1v) is 15.3. The smallest absolute Gasteiger partial charge is 0.321 e. The number of hydrogen-bond acceptors (Lipinski definition) is 5. The molecule has 0 radical (unpaired) electrons. The summed E-state index contributed by atoms with van der Waals surface area (Å²) < 4.78 is 34.4. The van der Waals surface area contributed by atoms with Gasteiger partial charge in [-0.1, -0.05) is 54.0 Å². The van der Waals surface area contributed by atoms with E-state index in [-0.39, 0.29) is 28.8 Å². The summed E-state index contributed by atoms with van der Waals surface area (Å²) in [7, 11) is 0. The fourth-order valence-corrected chi connectivity index (χ4v) is 11.0. The number of rotatable bonds is 2. The van der Waals surface area contributed by atoms with Crippen LogP contribution in [0.2, 0.25) is 0 Å². The molecule has 0 bridgehead atoms. The average Bonchev–Trinajstić information content (AvgIpc) is 3.62. The van der Waals surface area contributed by atoms with Gasteiger partial charge in [0.25, 0.3) is 5.91 Å². The van der Waals surface area contributed by atoms with Crippen LogP contribution in [0, 0.1) is 56.2 Å². The molecule has 1 saturated heterocycles. The maximum atomic E-state index is 14.5. The summed E-state index contributed by atoms with van der Waals surface area (Å²) in [6.45, 7) is 15.3. The lowest BCUT2D eigenvalue weighted by Gasteiger charge is -2.69. The number of halogens is 2. The molecule has 41 heavy (non-hydrogen) atoms. The normalized spacial score (nSPS) is 49.1. The molecule has 9 atom stereocenters. The van der Waals surface area contributed by atoms with Crippen molar-refractivity contribution in [1.82, 2.24) is 5.32 Å². The fourth-order valence-electron chi connectivity index (χ4n) is 11.0. The first-order chi connectivity index (χ1) is 18.7. The molecular formula is C33H44F2N2O4. The molecule has 0 spiro atoms. The van der Waals surface area contributed by atoms with Crippen molar-refractivity contribution >= 4 is 17.5 Å². The molecule has 0 aromatic rings. The van der Waals surface area contributed by atoms with Gasteiger partial charge in [0.15, 0.2) is 11.6 Å². The van der Waals surface area contributed by atoms with Gasteiger partial charge in [-0.2, -0.15) is 14.0 Å². The fraction of sp³-hybridized carbons (Fsp3) is 0.818. The number of nitrogens with one attached hydrogen (secondary N) is 1. The summed E-state index contributed by atoms with van der Waals surface area (Å²) in [5.74, 6) is -5.74. The lowest BCUT2D eigenvalue weighted by atomic mass is 9.34. The average molecular weight is 571 g/mol. The predicted molar refractivity (Wildman–Crippen MR) is 147 cm³/mol. The number of amides is 1. The molecule has 0 aromatic heterocycles. The number of carbonyl (C=O) groups excluding carboxylic acids is 3. The van der Waals surface area contributed by atoms with E-state index >= 15 is 0 Å². The first-order valence-electron chi connectivity index (χ1n) is 15.3. The van der Waals surface area contributed by atoms with Crippen LogP contribution in [0.1, 0.15) is 100 Å². The van der Waals surface area contributed by atoms with Gasteiger partial charge in [0, 0.05) is 29.2 Å². The van der Waals surface area contributed by atoms with E-state index in [0.717, 1.165) is 24.8 Å². The van der Waals surface area contributed by atoms with Gasteiger partial charge in [0.05, 0.1) is 0 Å². The maximum absolute atomic E-state index is 14.5. The Bertz CT molecular complexity index is 1340. The zero-order valence-electron chi connectivity index (χ0n) is 25.7. The van der Waals surface area contributed by atoms with E-state index in [9.17, 15) is 28.4 Å². The second kappa shape index (κ2) is 7.87. The number of nitrogens with zero attached hydrogens (tertiary/aromatic N) is 1. The van der Waals surface area contributed by atoms with Crippen molar-refractivity contribution < 1.29 is 27.9 Å². The van der Waals surface area contributed by atoms with Crippen LogP contribution in [-0.2, 0) is 19.1 Å². The third kappa shape index (κ3) is 3.33. The van der Waals surface area contributed by atoms with E-state index < -0.39 is 56.7 Å². The van der Waals surface area contributed by atoms with E-state index in [1.807, 2.05) is 13.8 Å². The van der Waals surface area contributed by atoms with Gasteiger partial charge in [-0.05, 0) is 79.1 Å². The van der Waals surface area contributed by atoms with Crippen LogP contribution in [0.3, 0.4) is 0 Å². The topological polar surface area (TPSA) is 99.6 Å². The lowest BCUT2D eigenvalue weighted by Crippen LogP contribution is -2.71. The Balaban J connectivity index is 1.49. The second-order valence-electron chi connectivity index (χ2n) is 16.4. The minimum Gasteiger partial charge on any atom is -0.345 e. The molecule has 224 valence electrons. The van der Waals surface area contributed by atoms with Gasteiger partial charge in [0.2, 0.25) is 5.60 Å². The van der Waals surface area contributed by atoms with Gasteiger partial charge in [-0.25, -0.2) is 0 Å². The van der Waals surface area contributed by atoms with Gasteiger partial charge >= 0.3 is 5.92 Å². The molecule has 1 N–H and O–H groups in total.